The van der Waals surface area contributed by atoms with E-state index in [2.05, 4.69) is 16.7 Å². The van der Waals surface area contributed by atoms with Crippen LogP contribution in [-0.2, 0) is 5.41 Å². The molecule has 0 bridgehead atoms. The Morgan fingerprint density at radius 1 is 1.24 bits per heavy atom. The minimum atomic E-state index is -0.436. The van der Waals surface area contributed by atoms with Crippen molar-refractivity contribution >= 4 is 23.1 Å². The summed E-state index contributed by atoms with van der Waals surface area (Å²) in [5.74, 6) is 0. The summed E-state index contributed by atoms with van der Waals surface area (Å²) in [5.41, 5.74) is 1.89. The molecule has 0 saturated heterocycles. The molecule has 4 nitrogen and oxygen atoms in total. The van der Waals surface area contributed by atoms with Crippen LogP contribution in [0, 0.1) is 6.92 Å². The van der Waals surface area contributed by atoms with E-state index < -0.39 is 6.10 Å². The van der Waals surface area contributed by atoms with Crippen molar-refractivity contribution in [3.8, 4) is 0 Å². The van der Waals surface area contributed by atoms with Crippen molar-refractivity contribution in [1.29, 1.82) is 0 Å². The molecular formula is C20H26N2O2S. The zero-order valence-electron chi connectivity index (χ0n) is 14.8. The van der Waals surface area contributed by atoms with Crippen molar-refractivity contribution in [2.45, 2.75) is 51.0 Å². The van der Waals surface area contributed by atoms with Gasteiger partial charge in [-0.2, -0.15) is 0 Å². The molecule has 2 aromatic rings. The number of benzene rings is 1. The van der Waals surface area contributed by atoms with Crippen molar-refractivity contribution in [1.82, 2.24) is 5.32 Å². The van der Waals surface area contributed by atoms with E-state index in [1.54, 1.807) is 18.3 Å². The molecule has 1 atom stereocenters. The van der Waals surface area contributed by atoms with Crippen LogP contribution in [0.5, 0.6) is 0 Å². The highest BCUT2D eigenvalue weighted by molar-refractivity contribution is 7.12. The first-order chi connectivity index (χ1) is 12.0. The maximum absolute atomic E-state index is 12.3. The topological polar surface area (TPSA) is 61.4 Å². The molecule has 1 heterocycles. The molecule has 0 aliphatic heterocycles. The number of carbonyl (C=O) groups is 1. The molecule has 1 aliphatic carbocycles. The molecule has 3 N–H and O–H groups in total. The molecule has 1 aromatic heterocycles. The number of aliphatic hydroxyl groups excluding tert-OH is 1. The van der Waals surface area contributed by atoms with Crippen LogP contribution in [0.2, 0.25) is 0 Å². The highest BCUT2D eigenvalue weighted by atomic mass is 32.1. The number of aliphatic hydroxyl groups is 1. The van der Waals surface area contributed by atoms with Crippen molar-refractivity contribution < 1.29 is 9.90 Å². The Morgan fingerprint density at radius 2 is 1.96 bits per heavy atom. The van der Waals surface area contributed by atoms with Gasteiger partial charge in [-0.1, -0.05) is 31.0 Å². The monoisotopic (exact) mass is 358 g/mol. The van der Waals surface area contributed by atoms with Gasteiger partial charge in [-0.05, 0) is 50.5 Å². The quantitative estimate of drug-likeness (QED) is 0.723. The van der Waals surface area contributed by atoms with Gasteiger partial charge in [0.1, 0.15) is 0 Å². The fourth-order valence-corrected chi connectivity index (χ4v) is 4.74. The van der Waals surface area contributed by atoms with Gasteiger partial charge in [0.05, 0.1) is 6.10 Å². The fraction of sp³-hybridized carbons (Fsp3) is 0.450. The zero-order valence-corrected chi connectivity index (χ0v) is 15.7. The summed E-state index contributed by atoms with van der Waals surface area (Å²) >= 11 is 1.67. The minimum absolute atomic E-state index is 0.000872. The lowest BCUT2D eigenvalue weighted by Crippen LogP contribution is -2.40. The van der Waals surface area contributed by atoms with E-state index in [1.807, 2.05) is 37.3 Å². The first-order valence-electron chi connectivity index (χ1n) is 8.89. The van der Waals surface area contributed by atoms with E-state index in [4.69, 9.17) is 0 Å². The Balaban J connectivity index is 1.67. The van der Waals surface area contributed by atoms with E-state index in [0.717, 1.165) is 29.0 Å². The molecule has 1 aliphatic rings. The number of para-hydroxylation sites is 1. The Labute approximate surface area is 153 Å². The molecule has 3 rings (SSSR count). The van der Waals surface area contributed by atoms with Crippen LogP contribution in [-0.4, -0.2) is 17.7 Å². The number of anilines is 1. The van der Waals surface area contributed by atoms with E-state index in [9.17, 15) is 9.90 Å². The molecule has 25 heavy (non-hydrogen) atoms. The maximum Gasteiger partial charge on any atom is 0.319 e. The predicted molar refractivity (Wildman–Crippen MR) is 103 cm³/mol. The predicted octanol–water partition coefficient (Wildman–Crippen LogP) is 4.74. The number of hydrogen-bond acceptors (Lipinski definition) is 3. The zero-order chi connectivity index (χ0) is 17.9. The van der Waals surface area contributed by atoms with Gasteiger partial charge in [-0.3, -0.25) is 0 Å². The second-order valence-corrected chi connectivity index (χ2v) is 8.10. The Kier molecular flexibility index (Phi) is 5.45. The SMILES string of the molecule is Cc1ccccc1NC(=O)NCC1(c2ccc(C(C)O)s2)CCCC1. The third kappa shape index (κ3) is 4.05. The van der Waals surface area contributed by atoms with Crippen LogP contribution >= 0.6 is 11.3 Å². The average Bonchev–Trinajstić information content (AvgIpc) is 3.25. The third-order valence-corrected chi connectivity index (χ3v) is 6.60. The van der Waals surface area contributed by atoms with Gasteiger partial charge in [-0.15, -0.1) is 11.3 Å². The van der Waals surface area contributed by atoms with Crippen LogP contribution in [0.4, 0.5) is 10.5 Å². The average molecular weight is 359 g/mol. The summed E-state index contributed by atoms with van der Waals surface area (Å²) in [6.45, 7) is 4.41. The number of thiophene rings is 1. The molecule has 1 fully saturated rings. The summed E-state index contributed by atoms with van der Waals surface area (Å²) in [5, 5.41) is 15.8. The number of rotatable bonds is 5. The molecule has 2 amide bonds. The maximum atomic E-state index is 12.3. The highest BCUT2D eigenvalue weighted by Gasteiger charge is 2.37. The van der Waals surface area contributed by atoms with Crippen LogP contribution in [0.25, 0.3) is 0 Å². The molecule has 0 spiro atoms. The Morgan fingerprint density at radius 3 is 2.60 bits per heavy atom. The summed E-state index contributed by atoms with van der Waals surface area (Å²) in [7, 11) is 0. The molecular weight excluding hydrogens is 332 g/mol. The van der Waals surface area contributed by atoms with Gasteiger partial charge in [0, 0.05) is 27.4 Å². The van der Waals surface area contributed by atoms with E-state index in [1.165, 1.54) is 17.7 Å². The second kappa shape index (κ2) is 7.58. The van der Waals surface area contributed by atoms with E-state index >= 15 is 0 Å². The molecule has 5 heteroatoms. The summed E-state index contributed by atoms with van der Waals surface area (Å²) in [6, 6.07) is 11.8. The number of amides is 2. The summed E-state index contributed by atoms with van der Waals surface area (Å²) in [4.78, 5) is 14.6. The Bertz CT molecular complexity index is 733. The first-order valence-corrected chi connectivity index (χ1v) is 9.71. The largest absolute Gasteiger partial charge is 0.388 e. The molecule has 134 valence electrons. The number of hydrogen-bond donors (Lipinski definition) is 3. The van der Waals surface area contributed by atoms with Crippen LogP contribution < -0.4 is 10.6 Å². The van der Waals surface area contributed by atoms with E-state index in [0.29, 0.717) is 6.54 Å². The van der Waals surface area contributed by atoms with Gasteiger partial charge in [0.25, 0.3) is 0 Å². The number of nitrogens with one attached hydrogen (secondary N) is 2. The fourth-order valence-electron chi connectivity index (χ4n) is 3.55. The molecule has 1 saturated carbocycles. The lowest BCUT2D eigenvalue weighted by molar-refractivity contribution is 0.203. The lowest BCUT2D eigenvalue weighted by atomic mass is 9.84. The standard InChI is InChI=1S/C20H26N2O2S/c1-14-7-3-4-8-16(14)22-19(24)21-13-20(11-5-6-12-20)18-10-9-17(25-18)15(2)23/h3-4,7-10,15,23H,5-6,11-13H2,1-2H3,(H2,21,22,24). The normalized spacial score (nSPS) is 17.2. The lowest BCUT2D eigenvalue weighted by Gasteiger charge is -2.28. The van der Waals surface area contributed by atoms with Gasteiger partial charge < -0.3 is 15.7 Å². The first kappa shape index (κ1) is 18.0. The van der Waals surface area contributed by atoms with Crippen LogP contribution in [0.1, 0.15) is 54.0 Å². The number of urea groups is 1. The van der Waals surface area contributed by atoms with Crippen molar-refractivity contribution in [2.24, 2.45) is 0 Å². The summed E-state index contributed by atoms with van der Waals surface area (Å²) < 4.78 is 0. The molecule has 1 unspecified atom stereocenters. The van der Waals surface area contributed by atoms with E-state index in [-0.39, 0.29) is 11.4 Å². The number of carbonyl (C=O) groups excluding carboxylic acids is 1. The smallest absolute Gasteiger partial charge is 0.319 e. The van der Waals surface area contributed by atoms with Gasteiger partial charge >= 0.3 is 6.03 Å². The van der Waals surface area contributed by atoms with Gasteiger partial charge in [-0.25, -0.2) is 4.79 Å². The molecule has 0 radical (unpaired) electrons. The second-order valence-electron chi connectivity index (χ2n) is 6.99. The summed E-state index contributed by atoms with van der Waals surface area (Å²) in [6.07, 6.45) is 4.09. The minimum Gasteiger partial charge on any atom is -0.388 e. The third-order valence-electron chi connectivity index (χ3n) is 5.10. The van der Waals surface area contributed by atoms with Crippen molar-refractivity contribution in [3.63, 3.8) is 0 Å². The molecule has 1 aromatic carbocycles. The van der Waals surface area contributed by atoms with Crippen LogP contribution in [0.3, 0.4) is 0 Å². The Hall–Kier alpha value is -1.85. The van der Waals surface area contributed by atoms with Crippen LogP contribution in [0.15, 0.2) is 36.4 Å². The van der Waals surface area contributed by atoms with Gasteiger partial charge in [0.2, 0.25) is 0 Å². The number of aryl methyl sites for hydroxylation is 1. The van der Waals surface area contributed by atoms with Crippen molar-refractivity contribution in [3.05, 3.63) is 51.7 Å². The van der Waals surface area contributed by atoms with Gasteiger partial charge in [0.15, 0.2) is 0 Å². The highest BCUT2D eigenvalue weighted by Crippen LogP contribution is 2.44. The van der Waals surface area contributed by atoms with Crippen molar-refractivity contribution in [2.75, 3.05) is 11.9 Å².